The van der Waals surface area contributed by atoms with Crippen molar-refractivity contribution in [3.8, 4) is 11.5 Å². The Labute approximate surface area is 120 Å². The van der Waals surface area contributed by atoms with Crippen LogP contribution in [0.1, 0.15) is 38.7 Å². The van der Waals surface area contributed by atoms with Crippen molar-refractivity contribution in [2.24, 2.45) is 5.41 Å². The molecule has 0 amide bonds. The molecule has 1 aliphatic heterocycles. The second-order valence-electron chi connectivity index (χ2n) is 5.96. The maximum Gasteiger partial charge on any atom is 0.306 e. The molecule has 2 rings (SSSR count). The van der Waals surface area contributed by atoms with E-state index < -0.39 is 0 Å². The van der Waals surface area contributed by atoms with Crippen LogP contribution in [0.5, 0.6) is 11.5 Å². The average Bonchev–Trinajstić information content (AvgIpc) is 2.85. The summed E-state index contributed by atoms with van der Waals surface area (Å²) in [6, 6.07) is 6.06. The molecule has 1 aliphatic rings. The Morgan fingerprint density at radius 3 is 2.80 bits per heavy atom. The highest BCUT2D eigenvalue weighted by atomic mass is 16.7. The van der Waals surface area contributed by atoms with Gasteiger partial charge in [-0.25, -0.2) is 0 Å². The molecular weight excluding hydrogens is 256 g/mol. The van der Waals surface area contributed by atoms with Crippen molar-refractivity contribution < 1.29 is 19.0 Å². The van der Waals surface area contributed by atoms with Gasteiger partial charge in [-0.3, -0.25) is 4.79 Å². The Bertz CT molecular complexity index is 479. The Morgan fingerprint density at radius 2 is 2.05 bits per heavy atom. The van der Waals surface area contributed by atoms with Gasteiger partial charge < -0.3 is 14.2 Å². The molecule has 1 aromatic rings. The van der Waals surface area contributed by atoms with E-state index >= 15 is 0 Å². The third-order valence-corrected chi connectivity index (χ3v) is 3.61. The molecule has 0 radical (unpaired) electrons. The first-order chi connectivity index (χ1) is 9.50. The molecule has 0 saturated carbocycles. The van der Waals surface area contributed by atoms with E-state index in [2.05, 4.69) is 19.9 Å². The Kier molecular flexibility index (Phi) is 4.53. The largest absolute Gasteiger partial charge is 0.469 e. The summed E-state index contributed by atoms with van der Waals surface area (Å²) in [4.78, 5) is 11.3. The number of benzene rings is 1. The van der Waals surface area contributed by atoms with Crippen molar-refractivity contribution in [1.29, 1.82) is 0 Å². The summed E-state index contributed by atoms with van der Waals surface area (Å²) in [5.74, 6) is 1.51. The maximum atomic E-state index is 11.3. The van der Waals surface area contributed by atoms with Gasteiger partial charge in [-0.15, -0.1) is 0 Å². The molecule has 0 aromatic heterocycles. The molecule has 4 nitrogen and oxygen atoms in total. The molecular formula is C16H22O4. The van der Waals surface area contributed by atoms with Crippen molar-refractivity contribution in [2.45, 2.75) is 39.5 Å². The van der Waals surface area contributed by atoms with Crippen LogP contribution in [0.25, 0.3) is 0 Å². The minimum absolute atomic E-state index is 0.0244. The van der Waals surface area contributed by atoms with Crippen LogP contribution >= 0.6 is 0 Å². The zero-order valence-electron chi connectivity index (χ0n) is 12.4. The first-order valence-corrected chi connectivity index (χ1v) is 6.95. The quantitative estimate of drug-likeness (QED) is 0.749. The predicted molar refractivity (Wildman–Crippen MR) is 75.9 cm³/mol. The SMILES string of the molecule is COC(=O)CC(C)(C)CCCc1ccc2c(c1)OCO2. The fourth-order valence-electron chi connectivity index (χ4n) is 2.42. The van der Waals surface area contributed by atoms with E-state index in [1.54, 1.807) is 0 Å². The fourth-order valence-corrected chi connectivity index (χ4v) is 2.42. The van der Waals surface area contributed by atoms with Gasteiger partial charge in [0.2, 0.25) is 6.79 Å². The van der Waals surface area contributed by atoms with Crippen LogP contribution in [0.3, 0.4) is 0 Å². The van der Waals surface area contributed by atoms with Gasteiger partial charge in [-0.2, -0.15) is 0 Å². The second-order valence-corrected chi connectivity index (χ2v) is 5.96. The van der Waals surface area contributed by atoms with E-state index in [9.17, 15) is 4.79 Å². The zero-order valence-corrected chi connectivity index (χ0v) is 12.4. The summed E-state index contributed by atoms with van der Waals surface area (Å²) in [6.45, 7) is 4.51. The number of rotatable bonds is 6. The molecule has 0 N–H and O–H groups in total. The zero-order chi connectivity index (χ0) is 14.6. The highest BCUT2D eigenvalue weighted by Gasteiger charge is 2.22. The van der Waals surface area contributed by atoms with Crippen LogP contribution < -0.4 is 9.47 Å². The van der Waals surface area contributed by atoms with Gasteiger partial charge in [-0.1, -0.05) is 19.9 Å². The fraction of sp³-hybridized carbons (Fsp3) is 0.562. The number of hydrogen-bond acceptors (Lipinski definition) is 4. The molecule has 4 heteroatoms. The number of esters is 1. The van der Waals surface area contributed by atoms with E-state index in [4.69, 9.17) is 14.2 Å². The van der Waals surface area contributed by atoms with Crippen molar-refractivity contribution in [3.05, 3.63) is 23.8 Å². The molecule has 0 saturated heterocycles. The van der Waals surface area contributed by atoms with E-state index in [-0.39, 0.29) is 11.4 Å². The van der Waals surface area contributed by atoms with Crippen LogP contribution in [0.4, 0.5) is 0 Å². The van der Waals surface area contributed by atoms with E-state index in [1.807, 2.05) is 12.1 Å². The number of carbonyl (C=O) groups is 1. The molecule has 0 spiro atoms. The van der Waals surface area contributed by atoms with Crippen LogP contribution in [0, 0.1) is 5.41 Å². The minimum atomic E-state index is -0.141. The van der Waals surface area contributed by atoms with Gasteiger partial charge in [0.15, 0.2) is 11.5 Å². The number of methoxy groups -OCH3 is 1. The number of hydrogen-bond donors (Lipinski definition) is 0. The lowest BCUT2D eigenvalue weighted by molar-refractivity contribution is -0.143. The van der Waals surface area contributed by atoms with E-state index in [0.29, 0.717) is 13.2 Å². The first-order valence-electron chi connectivity index (χ1n) is 6.95. The van der Waals surface area contributed by atoms with E-state index in [0.717, 1.165) is 30.8 Å². The van der Waals surface area contributed by atoms with Gasteiger partial charge >= 0.3 is 5.97 Å². The summed E-state index contributed by atoms with van der Waals surface area (Å²) in [5.41, 5.74) is 1.21. The van der Waals surface area contributed by atoms with Crippen molar-refractivity contribution in [1.82, 2.24) is 0 Å². The highest BCUT2D eigenvalue weighted by molar-refractivity contribution is 5.69. The third-order valence-electron chi connectivity index (χ3n) is 3.61. The predicted octanol–water partition coefficient (Wildman–Crippen LogP) is 3.33. The molecule has 0 bridgehead atoms. The van der Waals surface area contributed by atoms with Gasteiger partial charge in [0, 0.05) is 0 Å². The standard InChI is InChI=1S/C16H22O4/c1-16(2,10-15(17)18-3)8-4-5-12-6-7-13-14(9-12)20-11-19-13/h6-7,9H,4-5,8,10-11H2,1-3H3. The highest BCUT2D eigenvalue weighted by Crippen LogP contribution is 2.33. The van der Waals surface area contributed by atoms with Crippen LogP contribution in [0.15, 0.2) is 18.2 Å². The summed E-state index contributed by atoms with van der Waals surface area (Å²) >= 11 is 0. The second kappa shape index (κ2) is 6.16. The Balaban J connectivity index is 1.82. The van der Waals surface area contributed by atoms with Gasteiger partial charge in [-0.05, 0) is 42.4 Å². The number of fused-ring (bicyclic) bond motifs is 1. The van der Waals surface area contributed by atoms with Gasteiger partial charge in [0.25, 0.3) is 0 Å². The lowest BCUT2D eigenvalue weighted by Gasteiger charge is -2.22. The molecule has 1 heterocycles. The smallest absolute Gasteiger partial charge is 0.306 e. The molecule has 0 fully saturated rings. The number of carbonyl (C=O) groups excluding carboxylic acids is 1. The maximum absolute atomic E-state index is 11.3. The van der Waals surface area contributed by atoms with Crippen LogP contribution in [0.2, 0.25) is 0 Å². The van der Waals surface area contributed by atoms with Crippen LogP contribution in [-0.4, -0.2) is 19.9 Å². The van der Waals surface area contributed by atoms with Crippen molar-refractivity contribution in [3.63, 3.8) is 0 Å². The number of ether oxygens (including phenoxy) is 3. The lowest BCUT2D eigenvalue weighted by atomic mass is 9.83. The molecule has 20 heavy (non-hydrogen) atoms. The van der Waals surface area contributed by atoms with Crippen molar-refractivity contribution >= 4 is 5.97 Å². The lowest BCUT2D eigenvalue weighted by Crippen LogP contribution is -2.18. The average molecular weight is 278 g/mol. The summed E-state index contributed by atoms with van der Waals surface area (Å²) in [5, 5.41) is 0. The van der Waals surface area contributed by atoms with E-state index in [1.165, 1.54) is 12.7 Å². The topological polar surface area (TPSA) is 44.8 Å². The third kappa shape index (κ3) is 3.89. The minimum Gasteiger partial charge on any atom is -0.469 e. The first kappa shape index (κ1) is 14.7. The summed E-state index contributed by atoms with van der Waals surface area (Å²) in [6.07, 6.45) is 3.45. The summed E-state index contributed by atoms with van der Waals surface area (Å²) < 4.78 is 15.4. The van der Waals surface area contributed by atoms with Gasteiger partial charge in [0.1, 0.15) is 0 Å². The molecule has 110 valence electrons. The monoisotopic (exact) mass is 278 g/mol. The normalized spacial score (nSPS) is 13.3. The molecule has 1 aromatic carbocycles. The molecule has 0 aliphatic carbocycles. The molecule has 0 atom stereocenters. The van der Waals surface area contributed by atoms with Gasteiger partial charge in [0.05, 0.1) is 13.5 Å². The van der Waals surface area contributed by atoms with Crippen molar-refractivity contribution in [2.75, 3.05) is 13.9 Å². The van der Waals surface area contributed by atoms with Crippen LogP contribution in [-0.2, 0) is 16.0 Å². The number of aryl methyl sites for hydroxylation is 1. The summed E-state index contributed by atoms with van der Waals surface area (Å²) in [7, 11) is 1.44. The Morgan fingerprint density at radius 1 is 1.30 bits per heavy atom. The Hall–Kier alpha value is -1.71. The molecule has 0 unspecified atom stereocenters.